The Hall–Kier alpha value is -3.05. The maximum atomic E-state index is 13.1. The molecule has 1 aliphatic rings. The maximum absolute atomic E-state index is 13.1. The number of carbonyl (C=O) groups excluding carboxylic acids is 3. The van der Waals surface area contributed by atoms with Crippen LogP contribution in [0.25, 0.3) is 0 Å². The Morgan fingerprint density at radius 3 is 2.33 bits per heavy atom. The minimum atomic E-state index is -3.80. The first-order chi connectivity index (χ1) is 15.5. The van der Waals surface area contributed by atoms with Crippen molar-refractivity contribution in [2.24, 2.45) is 0 Å². The molecule has 2 N–H and O–H groups in total. The highest BCUT2D eigenvalue weighted by Gasteiger charge is 2.29. The highest BCUT2D eigenvalue weighted by atomic mass is 32.2. The molecule has 1 fully saturated rings. The molecular weight excluding hydrogens is 453 g/mol. The molecule has 9 nitrogen and oxygen atoms in total. The lowest BCUT2D eigenvalue weighted by molar-refractivity contribution is -0.131. The van der Waals surface area contributed by atoms with Gasteiger partial charge < -0.3 is 14.6 Å². The Bertz CT molecular complexity index is 1170. The summed E-state index contributed by atoms with van der Waals surface area (Å²) in [4.78, 5) is 41.3. The van der Waals surface area contributed by atoms with E-state index in [-0.39, 0.29) is 40.3 Å². The standard InChI is InChI=1S/C22H26FN3O6S/c1-13-20(22(29)32-3)18(24-21(13)14(2)27)12-19(28)26-10-8-16(9-11-26)25-33(30,31)17-6-4-15(23)5-7-17/h4-7,16,24-25H,8-12H2,1-3H3. The number of aromatic amines is 1. The number of methoxy groups -OCH3 is 1. The van der Waals surface area contributed by atoms with Crippen molar-refractivity contribution in [1.29, 1.82) is 0 Å². The highest BCUT2D eigenvalue weighted by Crippen LogP contribution is 2.22. The molecule has 1 saturated heterocycles. The third-order valence-electron chi connectivity index (χ3n) is 5.69. The number of sulfonamides is 1. The average molecular weight is 480 g/mol. The molecule has 0 saturated carbocycles. The maximum Gasteiger partial charge on any atom is 0.339 e. The monoisotopic (exact) mass is 479 g/mol. The van der Waals surface area contributed by atoms with Crippen LogP contribution in [0.4, 0.5) is 4.39 Å². The molecule has 33 heavy (non-hydrogen) atoms. The lowest BCUT2D eigenvalue weighted by Gasteiger charge is -2.32. The number of hydrogen-bond acceptors (Lipinski definition) is 6. The summed E-state index contributed by atoms with van der Waals surface area (Å²) in [7, 11) is -2.57. The second-order valence-electron chi connectivity index (χ2n) is 7.93. The minimum absolute atomic E-state index is 0.0267. The summed E-state index contributed by atoms with van der Waals surface area (Å²) in [5.74, 6) is -1.67. The summed E-state index contributed by atoms with van der Waals surface area (Å²) < 4.78 is 45.5. The third kappa shape index (κ3) is 5.48. The smallest absolute Gasteiger partial charge is 0.339 e. The quantitative estimate of drug-likeness (QED) is 0.462. The van der Waals surface area contributed by atoms with E-state index < -0.39 is 21.8 Å². The number of benzene rings is 1. The lowest BCUT2D eigenvalue weighted by atomic mass is 10.0. The van der Waals surface area contributed by atoms with Gasteiger partial charge in [-0.1, -0.05) is 0 Å². The summed E-state index contributed by atoms with van der Waals surface area (Å²) in [6.07, 6.45) is 0.682. The van der Waals surface area contributed by atoms with Crippen LogP contribution in [0.2, 0.25) is 0 Å². The number of rotatable bonds is 7. The summed E-state index contributed by atoms with van der Waals surface area (Å²) in [6, 6.07) is 4.19. The topological polar surface area (TPSA) is 126 Å². The van der Waals surface area contributed by atoms with E-state index >= 15 is 0 Å². The van der Waals surface area contributed by atoms with Crippen LogP contribution in [0.15, 0.2) is 29.2 Å². The zero-order chi connectivity index (χ0) is 24.3. The molecule has 0 spiro atoms. The van der Waals surface area contributed by atoms with Crippen LogP contribution >= 0.6 is 0 Å². The first kappa shape index (κ1) is 24.6. The second kappa shape index (κ2) is 9.84. The van der Waals surface area contributed by atoms with Gasteiger partial charge in [0.25, 0.3) is 0 Å². The van der Waals surface area contributed by atoms with E-state index in [0.717, 1.165) is 12.1 Å². The molecule has 3 rings (SSSR count). The van der Waals surface area contributed by atoms with Gasteiger partial charge in [-0.05, 0) is 49.6 Å². The van der Waals surface area contributed by atoms with Gasteiger partial charge in [-0.25, -0.2) is 22.3 Å². The van der Waals surface area contributed by atoms with Crippen molar-refractivity contribution in [3.63, 3.8) is 0 Å². The number of likely N-dealkylation sites (tertiary alicyclic amines) is 1. The molecule has 1 aliphatic heterocycles. The number of aromatic nitrogens is 1. The fourth-order valence-corrected chi connectivity index (χ4v) is 5.24. The third-order valence-corrected chi connectivity index (χ3v) is 7.23. The van der Waals surface area contributed by atoms with E-state index in [1.165, 1.54) is 26.2 Å². The van der Waals surface area contributed by atoms with E-state index in [2.05, 4.69) is 9.71 Å². The van der Waals surface area contributed by atoms with Crippen LogP contribution < -0.4 is 4.72 Å². The van der Waals surface area contributed by atoms with Crippen LogP contribution in [-0.2, 0) is 26.0 Å². The molecule has 178 valence electrons. The number of amides is 1. The molecule has 1 amide bonds. The predicted molar refractivity (Wildman–Crippen MR) is 117 cm³/mol. The van der Waals surface area contributed by atoms with Crippen molar-refractivity contribution in [1.82, 2.24) is 14.6 Å². The van der Waals surface area contributed by atoms with Crippen LogP contribution in [0.1, 0.15) is 51.9 Å². The molecule has 0 unspecified atom stereocenters. The van der Waals surface area contributed by atoms with Crippen LogP contribution in [0.5, 0.6) is 0 Å². The Morgan fingerprint density at radius 2 is 1.79 bits per heavy atom. The molecule has 11 heteroatoms. The number of esters is 1. The Balaban J connectivity index is 1.64. The molecular formula is C22H26FN3O6S. The molecule has 0 radical (unpaired) electrons. The zero-order valence-electron chi connectivity index (χ0n) is 18.6. The fraction of sp³-hybridized carbons (Fsp3) is 0.409. The first-order valence-corrected chi connectivity index (χ1v) is 11.9. The average Bonchev–Trinajstić information content (AvgIpc) is 3.09. The van der Waals surface area contributed by atoms with Crippen molar-refractivity contribution in [2.45, 2.75) is 44.0 Å². The number of halogens is 1. The van der Waals surface area contributed by atoms with Gasteiger partial charge in [0.15, 0.2) is 5.78 Å². The van der Waals surface area contributed by atoms with Crippen molar-refractivity contribution in [3.05, 3.63) is 52.6 Å². The van der Waals surface area contributed by atoms with E-state index in [4.69, 9.17) is 4.74 Å². The molecule has 2 heterocycles. The summed E-state index contributed by atoms with van der Waals surface area (Å²) in [6.45, 7) is 3.62. The van der Waals surface area contributed by atoms with Crippen molar-refractivity contribution in [3.8, 4) is 0 Å². The number of nitrogens with one attached hydrogen (secondary N) is 2. The van der Waals surface area contributed by atoms with E-state index in [0.29, 0.717) is 37.2 Å². The molecule has 2 aromatic rings. The number of Topliss-reactive ketones (excluding diaryl/α,β-unsaturated/α-hetero) is 1. The van der Waals surface area contributed by atoms with Crippen LogP contribution in [-0.4, -0.2) is 62.2 Å². The SMILES string of the molecule is COC(=O)c1c(CC(=O)N2CCC(NS(=O)(=O)c3ccc(F)cc3)CC2)[nH]c(C(C)=O)c1C. The molecule has 1 aromatic heterocycles. The zero-order valence-corrected chi connectivity index (χ0v) is 19.4. The molecule has 0 bridgehead atoms. The van der Waals surface area contributed by atoms with E-state index in [9.17, 15) is 27.2 Å². The number of piperidine rings is 1. The van der Waals surface area contributed by atoms with Crippen molar-refractivity contribution < 1.29 is 31.9 Å². The lowest BCUT2D eigenvalue weighted by Crippen LogP contribution is -2.47. The molecule has 1 aromatic carbocycles. The Labute approximate surface area is 191 Å². The minimum Gasteiger partial charge on any atom is -0.465 e. The number of hydrogen-bond donors (Lipinski definition) is 2. The van der Waals surface area contributed by atoms with Gasteiger partial charge in [0.05, 0.1) is 29.7 Å². The summed E-state index contributed by atoms with van der Waals surface area (Å²) in [5, 5.41) is 0. The van der Waals surface area contributed by atoms with Gasteiger partial charge in [-0.2, -0.15) is 0 Å². The van der Waals surface area contributed by atoms with Gasteiger partial charge in [-0.3, -0.25) is 9.59 Å². The van der Waals surface area contributed by atoms with Crippen LogP contribution in [0.3, 0.4) is 0 Å². The van der Waals surface area contributed by atoms with Crippen molar-refractivity contribution in [2.75, 3.05) is 20.2 Å². The second-order valence-corrected chi connectivity index (χ2v) is 9.65. The number of carbonyl (C=O) groups is 3. The van der Waals surface area contributed by atoms with Gasteiger partial charge in [0.1, 0.15) is 5.82 Å². The number of ether oxygens (including phenoxy) is 1. The normalized spacial score (nSPS) is 14.8. The van der Waals surface area contributed by atoms with Crippen molar-refractivity contribution >= 4 is 27.7 Å². The summed E-state index contributed by atoms with van der Waals surface area (Å²) >= 11 is 0. The number of ketones is 1. The molecule has 0 atom stereocenters. The van der Waals surface area contributed by atoms with E-state index in [1.807, 2.05) is 0 Å². The van der Waals surface area contributed by atoms with Gasteiger partial charge in [-0.15, -0.1) is 0 Å². The largest absolute Gasteiger partial charge is 0.465 e. The predicted octanol–water partition coefficient (Wildman–Crippen LogP) is 1.96. The highest BCUT2D eigenvalue weighted by molar-refractivity contribution is 7.89. The van der Waals surface area contributed by atoms with Crippen LogP contribution in [0, 0.1) is 12.7 Å². The summed E-state index contributed by atoms with van der Waals surface area (Å²) in [5.41, 5.74) is 1.19. The van der Waals surface area contributed by atoms with Gasteiger partial charge in [0, 0.05) is 31.7 Å². The number of nitrogens with zero attached hydrogens (tertiary/aromatic N) is 1. The first-order valence-electron chi connectivity index (χ1n) is 10.4. The Morgan fingerprint density at radius 1 is 1.18 bits per heavy atom. The van der Waals surface area contributed by atoms with E-state index in [1.54, 1.807) is 11.8 Å². The van der Waals surface area contributed by atoms with Gasteiger partial charge >= 0.3 is 5.97 Å². The number of H-pyrrole nitrogens is 1. The Kier molecular flexibility index (Phi) is 7.33. The fourth-order valence-electron chi connectivity index (χ4n) is 3.93. The van der Waals surface area contributed by atoms with Gasteiger partial charge in [0.2, 0.25) is 15.9 Å². The molecule has 0 aliphatic carbocycles.